The predicted octanol–water partition coefficient (Wildman–Crippen LogP) is 4.43. The second kappa shape index (κ2) is 11.9. The van der Waals surface area contributed by atoms with Crippen molar-refractivity contribution in [3.05, 3.63) is 63.7 Å². The van der Waals surface area contributed by atoms with Crippen molar-refractivity contribution in [2.75, 3.05) is 26.3 Å². The number of nitrogens with one attached hydrogen (secondary N) is 1. The van der Waals surface area contributed by atoms with E-state index >= 15 is 0 Å². The summed E-state index contributed by atoms with van der Waals surface area (Å²) >= 11 is 0. The zero-order valence-corrected chi connectivity index (χ0v) is 20.8. The highest BCUT2D eigenvalue weighted by Gasteiger charge is 2.31. The molecule has 0 aliphatic carbocycles. The average molecular weight is 472 g/mol. The average Bonchev–Trinajstić information content (AvgIpc) is 2.75. The molecule has 34 heavy (non-hydrogen) atoms. The number of hydrogen-bond acceptors (Lipinski definition) is 6. The van der Waals surface area contributed by atoms with Gasteiger partial charge in [-0.25, -0.2) is 0 Å². The standard InChI is InChI=1S/C27H34FNO5/c1-17-13-21(14-18(2)25(17)34-27(5,6)26(28)32)7-8-23(31)22-15-19(3)24(20(4)16-22)33-12-10-29-9-11-30/h7-8,13-16,29-30H,9-12H2,1-6H3/b8-7+. The van der Waals surface area contributed by atoms with Gasteiger partial charge < -0.3 is 19.9 Å². The summed E-state index contributed by atoms with van der Waals surface area (Å²) in [5, 5.41) is 11.9. The van der Waals surface area contributed by atoms with Crippen LogP contribution in [0.3, 0.4) is 0 Å². The van der Waals surface area contributed by atoms with Crippen LogP contribution in [-0.4, -0.2) is 48.8 Å². The van der Waals surface area contributed by atoms with Crippen molar-refractivity contribution >= 4 is 17.9 Å². The number of hydrogen-bond donors (Lipinski definition) is 2. The van der Waals surface area contributed by atoms with E-state index in [1.54, 1.807) is 18.2 Å². The van der Waals surface area contributed by atoms with Crippen LogP contribution < -0.4 is 14.8 Å². The Morgan fingerprint density at radius 2 is 1.53 bits per heavy atom. The van der Waals surface area contributed by atoms with Crippen molar-refractivity contribution in [1.82, 2.24) is 5.32 Å². The van der Waals surface area contributed by atoms with E-state index in [0.29, 0.717) is 31.0 Å². The molecule has 7 heteroatoms. The first-order chi connectivity index (χ1) is 16.0. The van der Waals surface area contributed by atoms with Gasteiger partial charge in [-0.05, 0) is 99.7 Å². The SMILES string of the molecule is Cc1cc(C(=O)/C=C/c2cc(C)c(OC(C)(C)C(=O)F)c(C)c2)cc(C)c1OCCNCCO. The Balaban J connectivity index is 2.14. The molecule has 2 rings (SSSR count). The summed E-state index contributed by atoms with van der Waals surface area (Å²) in [4.78, 5) is 24.0. The molecule has 0 spiro atoms. The van der Waals surface area contributed by atoms with Crippen molar-refractivity contribution in [2.45, 2.75) is 47.1 Å². The third-order valence-electron chi connectivity index (χ3n) is 5.30. The van der Waals surface area contributed by atoms with E-state index in [2.05, 4.69) is 5.32 Å². The molecule has 0 unspecified atom stereocenters. The molecule has 2 aromatic carbocycles. The van der Waals surface area contributed by atoms with Gasteiger partial charge in [-0.1, -0.05) is 6.08 Å². The van der Waals surface area contributed by atoms with Gasteiger partial charge in [-0.2, -0.15) is 4.39 Å². The van der Waals surface area contributed by atoms with Crippen LogP contribution in [0.25, 0.3) is 6.08 Å². The third-order valence-corrected chi connectivity index (χ3v) is 5.30. The first kappa shape index (κ1) is 27.2. The zero-order valence-electron chi connectivity index (χ0n) is 20.8. The molecule has 184 valence electrons. The van der Waals surface area contributed by atoms with E-state index in [1.165, 1.54) is 19.9 Å². The minimum absolute atomic E-state index is 0.0811. The molecule has 0 aromatic heterocycles. The normalized spacial score (nSPS) is 11.6. The van der Waals surface area contributed by atoms with Crippen LogP contribution in [0.1, 0.15) is 52.0 Å². The van der Waals surface area contributed by atoms with Gasteiger partial charge in [0.25, 0.3) is 0 Å². The molecule has 6 nitrogen and oxygen atoms in total. The number of aliphatic hydroxyl groups excluding tert-OH is 1. The number of rotatable bonds is 12. The Morgan fingerprint density at radius 3 is 2.06 bits per heavy atom. The Morgan fingerprint density at radius 1 is 0.971 bits per heavy atom. The van der Waals surface area contributed by atoms with E-state index in [1.807, 2.05) is 39.8 Å². The lowest BCUT2D eigenvalue weighted by molar-refractivity contribution is -0.143. The summed E-state index contributed by atoms with van der Waals surface area (Å²) < 4.78 is 24.7. The number of benzene rings is 2. The Bertz CT molecular complexity index is 1030. The monoisotopic (exact) mass is 471 g/mol. The molecule has 2 aromatic rings. The zero-order chi connectivity index (χ0) is 25.5. The summed E-state index contributed by atoms with van der Waals surface area (Å²) in [6, 6.07) is 5.72. The van der Waals surface area contributed by atoms with Crippen LogP contribution in [0.2, 0.25) is 0 Å². The highest BCUT2D eigenvalue weighted by molar-refractivity contribution is 6.07. The lowest BCUT2D eigenvalue weighted by Crippen LogP contribution is -2.36. The highest BCUT2D eigenvalue weighted by atomic mass is 19.1. The van der Waals surface area contributed by atoms with Crippen molar-refractivity contribution in [1.29, 1.82) is 0 Å². The number of carbonyl (C=O) groups is 2. The van der Waals surface area contributed by atoms with Gasteiger partial charge in [0, 0.05) is 18.7 Å². The smallest absolute Gasteiger partial charge is 0.344 e. The van der Waals surface area contributed by atoms with Gasteiger partial charge in [-0.3, -0.25) is 9.59 Å². The lowest BCUT2D eigenvalue weighted by Gasteiger charge is -2.24. The Labute approximate surface area is 200 Å². The Kier molecular flexibility index (Phi) is 9.53. The van der Waals surface area contributed by atoms with Crippen LogP contribution >= 0.6 is 0 Å². The fourth-order valence-electron chi connectivity index (χ4n) is 3.55. The topological polar surface area (TPSA) is 84.9 Å². The van der Waals surface area contributed by atoms with Crippen molar-refractivity contribution in [3.63, 3.8) is 0 Å². The molecule has 0 saturated heterocycles. The molecule has 0 heterocycles. The van der Waals surface area contributed by atoms with Crippen LogP contribution in [0.5, 0.6) is 11.5 Å². The minimum atomic E-state index is -1.57. The second-order valence-corrected chi connectivity index (χ2v) is 8.83. The molecule has 0 fully saturated rings. The van der Waals surface area contributed by atoms with Crippen LogP contribution in [0.4, 0.5) is 4.39 Å². The number of halogens is 1. The van der Waals surface area contributed by atoms with E-state index in [9.17, 15) is 14.0 Å². The quantitative estimate of drug-likeness (QED) is 0.206. The van der Waals surface area contributed by atoms with Crippen molar-refractivity contribution in [2.24, 2.45) is 0 Å². The van der Waals surface area contributed by atoms with Crippen LogP contribution in [0, 0.1) is 27.7 Å². The number of ketones is 1. The molecular formula is C27H34FNO5. The molecule has 0 bridgehead atoms. The van der Waals surface area contributed by atoms with Crippen molar-refractivity contribution < 1.29 is 28.6 Å². The number of aliphatic hydroxyl groups is 1. The molecular weight excluding hydrogens is 437 g/mol. The van der Waals surface area contributed by atoms with Crippen LogP contribution in [-0.2, 0) is 4.79 Å². The van der Waals surface area contributed by atoms with E-state index < -0.39 is 11.6 Å². The maximum absolute atomic E-state index is 13.2. The van der Waals surface area contributed by atoms with Gasteiger partial charge in [0.05, 0.1) is 6.61 Å². The number of carbonyl (C=O) groups excluding carboxylic acids is 2. The van der Waals surface area contributed by atoms with Crippen LogP contribution in [0.15, 0.2) is 30.3 Å². The number of allylic oxidation sites excluding steroid dienone is 1. The van der Waals surface area contributed by atoms with Gasteiger partial charge in [0.2, 0.25) is 0 Å². The first-order valence-corrected chi connectivity index (χ1v) is 11.2. The fraction of sp³-hybridized carbons (Fsp3) is 0.407. The Hall–Kier alpha value is -3.03. The highest BCUT2D eigenvalue weighted by Crippen LogP contribution is 2.30. The van der Waals surface area contributed by atoms with Crippen molar-refractivity contribution in [3.8, 4) is 11.5 Å². The van der Waals surface area contributed by atoms with Gasteiger partial charge in [0.15, 0.2) is 11.4 Å². The predicted molar refractivity (Wildman–Crippen MR) is 131 cm³/mol. The van der Waals surface area contributed by atoms with Gasteiger partial charge in [0.1, 0.15) is 18.1 Å². The summed E-state index contributed by atoms with van der Waals surface area (Å²) in [5.41, 5.74) is 3.02. The van der Waals surface area contributed by atoms with Gasteiger partial charge in [-0.15, -0.1) is 0 Å². The summed E-state index contributed by atoms with van der Waals surface area (Å²) in [6.07, 6.45) is 3.23. The molecule has 0 atom stereocenters. The van der Waals surface area contributed by atoms with Gasteiger partial charge >= 0.3 is 6.04 Å². The second-order valence-electron chi connectivity index (χ2n) is 8.83. The molecule has 0 radical (unpaired) electrons. The fourth-order valence-corrected chi connectivity index (χ4v) is 3.55. The molecule has 0 amide bonds. The largest absolute Gasteiger partial charge is 0.492 e. The summed E-state index contributed by atoms with van der Waals surface area (Å²) in [7, 11) is 0. The minimum Gasteiger partial charge on any atom is -0.492 e. The maximum atomic E-state index is 13.2. The van der Waals surface area contributed by atoms with E-state index in [-0.39, 0.29) is 12.4 Å². The number of ether oxygens (including phenoxy) is 2. The van der Waals surface area contributed by atoms with E-state index in [0.717, 1.165) is 33.6 Å². The van der Waals surface area contributed by atoms with E-state index in [4.69, 9.17) is 14.6 Å². The maximum Gasteiger partial charge on any atom is 0.344 e. The summed E-state index contributed by atoms with van der Waals surface area (Å²) in [5.74, 6) is 1.07. The molecule has 0 aliphatic rings. The molecule has 0 saturated carbocycles. The molecule has 2 N–H and O–H groups in total. The molecule has 0 aliphatic heterocycles. The summed E-state index contributed by atoms with van der Waals surface area (Å²) in [6.45, 7) is 11.9. The number of aryl methyl sites for hydroxylation is 4. The lowest BCUT2D eigenvalue weighted by atomic mass is 10.0. The first-order valence-electron chi connectivity index (χ1n) is 11.2. The third kappa shape index (κ3) is 7.23.